The Labute approximate surface area is 365 Å². The molecular formula is C56H126. The summed E-state index contributed by atoms with van der Waals surface area (Å²) in [6.45, 7) is 64.4. The van der Waals surface area contributed by atoms with Crippen molar-refractivity contribution >= 4 is 0 Å². The highest BCUT2D eigenvalue weighted by Crippen LogP contribution is 2.41. The first-order chi connectivity index (χ1) is 25.5. The molecule has 4 saturated carbocycles. The Balaban J connectivity index is -0.0000000966. The lowest BCUT2D eigenvalue weighted by molar-refractivity contribution is 0.281. The maximum absolute atomic E-state index is 2.38. The highest BCUT2D eigenvalue weighted by molar-refractivity contribution is 4.81. The van der Waals surface area contributed by atoms with E-state index in [1.807, 2.05) is 27.7 Å². The van der Waals surface area contributed by atoms with E-state index in [0.29, 0.717) is 16.2 Å². The molecule has 0 N–H and O–H groups in total. The first-order valence-electron chi connectivity index (χ1n) is 25.5. The zero-order valence-electron chi connectivity index (χ0n) is 46.3. The highest BCUT2D eigenvalue weighted by Gasteiger charge is 2.30. The molecule has 350 valence electrons. The second-order valence-corrected chi connectivity index (χ2v) is 22.6. The maximum atomic E-state index is 2.38. The van der Waals surface area contributed by atoms with Crippen molar-refractivity contribution in [1.29, 1.82) is 0 Å². The van der Waals surface area contributed by atoms with Crippen LogP contribution in [0.2, 0.25) is 0 Å². The van der Waals surface area contributed by atoms with Crippen LogP contribution in [0.15, 0.2) is 0 Å². The Bertz CT molecular complexity index is 649. The number of hydrogen-bond donors (Lipinski definition) is 0. The van der Waals surface area contributed by atoms with Gasteiger partial charge < -0.3 is 0 Å². The molecule has 4 aliphatic carbocycles. The second kappa shape index (κ2) is 44.5. The Morgan fingerprint density at radius 3 is 0.857 bits per heavy atom. The number of rotatable bonds is 1. The van der Waals surface area contributed by atoms with Crippen LogP contribution >= 0.6 is 0 Å². The van der Waals surface area contributed by atoms with Crippen molar-refractivity contribution in [2.45, 2.75) is 297 Å². The zero-order valence-corrected chi connectivity index (χ0v) is 46.3. The van der Waals surface area contributed by atoms with Crippen LogP contribution in [0, 0.1) is 69.5 Å². The van der Waals surface area contributed by atoms with Gasteiger partial charge in [0.25, 0.3) is 0 Å². The van der Waals surface area contributed by atoms with Crippen molar-refractivity contribution in [2.24, 2.45) is 69.5 Å². The Kier molecular flexibility index (Phi) is 56.1. The summed E-state index contributed by atoms with van der Waals surface area (Å²) < 4.78 is 0. The Morgan fingerprint density at radius 2 is 0.786 bits per heavy atom. The summed E-state index contributed by atoms with van der Waals surface area (Å²) >= 11 is 0. The molecule has 5 atom stereocenters. The van der Waals surface area contributed by atoms with Crippen molar-refractivity contribution in [3.63, 3.8) is 0 Å². The Hall–Kier alpha value is 0. The van der Waals surface area contributed by atoms with E-state index in [9.17, 15) is 0 Å². The second-order valence-electron chi connectivity index (χ2n) is 22.6. The summed E-state index contributed by atoms with van der Waals surface area (Å²) in [5, 5.41) is 0. The van der Waals surface area contributed by atoms with Crippen LogP contribution in [-0.4, -0.2) is 0 Å². The number of hydrogen-bond acceptors (Lipinski definition) is 0. The molecule has 0 radical (unpaired) electrons. The fourth-order valence-electron chi connectivity index (χ4n) is 5.57. The molecule has 0 spiro atoms. The quantitative estimate of drug-likeness (QED) is 0.248. The van der Waals surface area contributed by atoms with Crippen LogP contribution in [0.4, 0.5) is 0 Å². The lowest BCUT2D eigenvalue weighted by Crippen LogP contribution is -2.13. The van der Waals surface area contributed by atoms with E-state index in [-0.39, 0.29) is 0 Å². The molecule has 0 aromatic heterocycles. The summed E-state index contributed by atoms with van der Waals surface area (Å²) in [7, 11) is 0. The molecular weight excluding hydrogens is 673 g/mol. The first-order valence-corrected chi connectivity index (χ1v) is 25.5. The molecule has 4 aliphatic rings. The van der Waals surface area contributed by atoms with Gasteiger partial charge >= 0.3 is 0 Å². The van der Waals surface area contributed by atoms with E-state index in [4.69, 9.17) is 0 Å². The third kappa shape index (κ3) is 65.8. The van der Waals surface area contributed by atoms with Gasteiger partial charge in [0.15, 0.2) is 0 Å². The van der Waals surface area contributed by atoms with Gasteiger partial charge in [0.1, 0.15) is 0 Å². The van der Waals surface area contributed by atoms with Gasteiger partial charge in [0.05, 0.1) is 0 Å². The third-order valence-electron chi connectivity index (χ3n) is 11.5. The summed E-state index contributed by atoms with van der Waals surface area (Å²) in [5.41, 5.74) is 1.69. The molecule has 0 aliphatic heterocycles. The normalized spacial score (nSPS) is 24.3. The molecule has 0 aromatic rings. The summed E-state index contributed by atoms with van der Waals surface area (Å²) in [6.07, 6.45) is 21.5. The average Bonchev–Trinajstić information content (AvgIpc) is 3.87. The van der Waals surface area contributed by atoms with Crippen LogP contribution in [0.3, 0.4) is 0 Å². The summed E-state index contributed by atoms with van der Waals surface area (Å²) in [4.78, 5) is 0. The van der Waals surface area contributed by atoms with Gasteiger partial charge in [-0.2, -0.15) is 0 Å². The zero-order chi connectivity index (χ0) is 46.3. The molecule has 3 unspecified atom stereocenters. The van der Waals surface area contributed by atoms with E-state index < -0.39 is 0 Å². The van der Waals surface area contributed by atoms with Gasteiger partial charge in [-0.05, 0) is 75.9 Å². The van der Waals surface area contributed by atoms with E-state index in [1.54, 1.807) is 0 Å². The van der Waals surface area contributed by atoms with Crippen molar-refractivity contribution in [2.75, 3.05) is 0 Å². The lowest BCUT2D eigenvalue weighted by atomic mass is 9.83. The van der Waals surface area contributed by atoms with Gasteiger partial charge in [0.2, 0.25) is 0 Å². The largest absolute Gasteiger partial charge is 0.0683 e. The highest BCUT2D eigenvalue weighted by atomic mass is 14.4. The van der Waals surface area contributed by atoms with Crippen molar-refractivity contribution in [3.05, 3.63) is 0 Å². The third-order valence-corrected chi connectivity index (χ3v) is 11.5. The van der Waals surface area contributed by atoms with Crippen LogP contribution in [0.1, 0.15) is 297 Å². The fourth-order valence-corrected chi connectivity index (χ4v) is 5.57. The summed E-state index contributed by atoms with van der Waals surface area (Å²) in [5.74, 6) is 8.72. The minimum Gasteiger partial charge on any atom is -0.0683 e. The molecule has 4 fully saturated rings. The Morgan fingerprint density at radius 1 is 0.500 bits per heavy atom. The molecule has 0 aromatic carbocycles. The minimum atomic E-state index is 0.500. The van der Waals surface area contributed by atoms with Gasteiger partial charge in [-0.15, -0.1) is 0 Å². The van der Waals surface area contributed by atoms with Crippen LogP contribution in [0.5, 0.6) is 0 Å². The first kappa shape index (κ1) is 70.6. The van der Waals surface area contributed by atoms with E-state index >= 15 is 0 Å². The average molecular weight is 800 g/mol. The van der Waals surface area contributed by atoms with Crippen molar-refractivity contribution < 1.29 is 0 Å². The maximum Gasteiger partial charge on any atom is -0.0329 e. The fraction of sp³-hybridized carbons (Fsp3) is 1.00. The predicted molar refractivity (Wildman–Crippen MR) is 273 cm³/mol. The van der Waals surface area contributed by atoms with Crippen molar-refractivity contribution in [3.8, 4) is 0 Å². The SMILES string of the molecule is CC.CC.CC(C)(C)C.CC(C)C.CC1CCC(C)C1C.CC1CCCC1.CC1CCC[C@H]1C.CCC.CCC(C)(C)C.CCC(C)C.C[C@@H]1CCCC1(C)C. The molecule has 4 rings (SSSR count). The topological polar surface area (TPSA) is 0 Å². The molecule has 0 bridgehead atoms. The molecule has 56 heavy (non-hydrogen) atoms. The standard InChI is InChI=1S/2C8H16.C7H14.C6H12.C6H14.2C5H12.C4H10.C3H8.2C2H6/c1-7-5-4-6-8(7,2)3;1-6-4-5-7(2)8(6)3;1-6-4-3-5-7(6)2;1-6-4-2-3-5-6;1-5-6(2,3)4;1-5(2,3)4;1-4-5(2)3;1-4(2)3;1-3-2;2*1-2/h7H,4-6H2,1-3H3;6-8H,4-5H2,1-3H3;6-7H,3-5H2,1-2H3;6H,2-5H2,1H3;5H2,1-4H3;1-4H3;5H,4H2,1-3H3;4H,1-3H3;3H2,1-2H3;2*1-2H3/t7-;;6-,7?;;;;;;;;/m1.1......../s1. The van der Waals surface area contributed by atoms with E-state index in [1.165, 1.54) is 96.3 Å². The van der Waals surface area contributed by atoms with Gasteiger partial charge in [-0.3, -0.25) is 0 Å². The van der Waals surface area contributed by atoms with Crippen molar-refractivity contribution in [1.82, 2.24) is 0 Å². The van der Waals surface area contributed by atoms with Crippen LogP contribution < -0.4 is 0 Å². The van der Waals surface area contributed by atoms with Crippen LogP contribution in [-0.2, 0) is 0 Å². The van der Waals surface area contributed by atoms with E-state index in [2.05, 4.69) is 173 Å². The van der Waals surface area contributed by atoms with Gasteiger partial charge in [-0.1, -0.05) is 291 Å². The van der Waals surface area contributed by atoms with Gasteiger partial charge in [0, 0.05) is 0 Å². The van der Waals surface area contributed by atoms with Gasteiger partial charge in [-0.25, -0.2) is 0 Å². The lowest BCUT2D eigenvalue weighted by Gasteiger charge is -2.22. The minimum absolute atomic E-state index is 0.500. The summed E-state index contributed by atoms with van der Waals surface area (Å²) in [6, 6.07) is 0. The van der Waals surface area contributed by atoms with Crippen LogP contribution in [0.25, 0.3) is 0 Å². The molecule has 0 heteroatoms. The monoisotopic (exact) mass is 799 g/mol. The predicted octanol–water partition coefficient (Wildman–Crippen LogP) is 21.8. The smallest absolute Gasteiger partial charge is 0.0329 e. The molecule has 0 heterocycles. The van der Waals surface area contributed by atoms with E-state index in [0.717, 1.165) is 53.3 Å². The molecule has 0 amide bonds. The molecule has 0 saturated heterocycles. The molecule has 0 nitrogen and oxygen atoms in total.